The monoisotopic (exact) mass is 477 g/mol. The van der Waals surface area contributed by atoms with Crippen molar-refractivity contribution in [2.75, 3.05) is 27.4 Å². The topological polar surface area (TPSA) is 65.1 Å². The number of imide groups is 1. The normalized spacial score (nSPS) is 15.2. The van der Waals surface area contributed by atoms with E-state index in [-0.39, 0.29) is 24.3 Å². The van der Waals surface area contributed by atoms with Crippen LogP contribution in [0, 0.1) is 6.92 Å². The number of carbonyl (C=O) groups is 2. The number of ether oxygens (including phenoxy) is 3. The van der Waals surface area contributed by atoms with Gasteiger partial charge in [-0.2, -0.15) is 0 Å². The van der Waals surface area contributed by atoms with Crippen LogP contribution in [-0.4, -0.2) is 43.4 Å². The lowest BCUT2D eigenvalue weighted by atomic mass is 10.2. The number of amides is 2. The Bertz CT molecular complexity index is 976. The lowest BCUT2D eigenvalue weighted by molar-refractivity contribution is -0.123. The van der Waals surface area contributed by atoms with Crippen molar-refractivity contribution in [1.82, 2.24) is 4.90 Å². The molecule has 0 aliphatic carbocycles. The lowest BCUT2D eigenvalue weighted by Crippen LogP contribution is -2.32. The predicted molar refractivity (Wildman–Crippen MR) is 117 cm³/mol. The Morgan fingerprint density at radius 3 is 2.52 bits per heavy atom. The van der Waals surface area contributed by atoms with Gasteiger partial charge in [0.15, 0.2) is 11.5 Å². The van der Waals surface area contributed by atoms with Gasteiger partial charge in [-0.3, -0.25) is 14.5 Å². The SMILES string of the molecule is COc1cc(Br)c(/C=C2\SC(=O)N(CCOc3cccc(C)c3)C2=O)cc1OC. The van der Waals surface area contributed by atoms with E-state index in [0.29, 0.717) is 27.7 Å². The van der Waals surface area contributed by atoms with Crippen LogP contribution in [0.25, 0.3) is 6.08 Å². The first-order valence-corrected chi connectivity index (χ1v) is 10.4. The van der Waals surface area contributed by atoms with Crippen LogP contribution in [0.2, 0.25) is 0 Å². The Morgan fingerprint density at radius 2 is 1.83 bits per heavy atom. The van der Waals surface area contributed by atoms with Gasteiger partial charge in [0.1, 0.15) is 12.4 Å². The highest BCUT2D eigenvalue weighted by Crippen LogP contribution is 2.37. The molecule has 2 aromatic carbocycles. The molecule has 0 atom stereocenters. The number of aryl methyl sites for hydroxylation is 1. The number of carbonyl (C=O) groups excluding carboxylic acids is 2. The number of methoxy groups -OCH3 is 2. The molecule has 0 spiro atoms. The van der Waals surface area contributed by atoms with Gasteiger partial charge in [-0.25, -0.2) is 0 Å². The molecular weight excluding hydrogens is 458 g/mol. The standard InChI is InChI=1S/C21H20BrNO5S/c1-13-5-4-6-15(9-13)28-8-7-23-20(24)19(29-21(23)25)11-14-10-17(26-2)18(27-3)12-16(14)22/h4-6,9-12H,7-8H2,1-3H3/b19-11-. The summed E-state index contributed by atoms with van der Waals surface area (Å²) in [5.74, 6) is 1.47. The van der Waals surface area contributed by atoms with E-state index in [2.05, 4.69) is 15.9 Å². The molecule has 1 heterocycles. The van der Waals surface area contributed by atoms with Crippen molar-refractivity contribution in [2.45, 2.75) is 6.92 Å². The summed E-state index contributed by atoms with van der Waals surface area (Å²) in [6.45, 7) is 2.39. The molecule has 0 radical (unpaired) electrons. The predicted octanol–water partition coefficient (Wildman–Crippen LogP) is 4.89. The Morgan fingerprint density at radius 1 is 1.10 bits per heavy atom. The van der Waals surface area contributed by atoms with E-state index in [1.165, 1.54) is 12.0 Å². The number of benzene rings is 2. The molecule has 3 rings (SSSR count). The summed E-state index contributed by atoms with van der Waals surface area (Å²) in [6.07, 6.45) is 1.67. The average Bonchev–Trinajstić information content (AvgIpc) is 2.96. The van der Waals surface area contributed by atoms with Crippen LogP contribution in [0.3, 0.4) is 0 Å². The number of nitrogens with zero attached hydrogens (tertiary/aromatic N) is 1. The number of thioether (sulfide) groups is 1. The Balaban J connectivity index is 1.71. The summed E-state index contributed by atoms with van der Waals surface area (Å²) in [7, 11) is 3.09. The van der Waals surface area contributed by atoms with Crippen LogP contribution >= 0.6 is 27.7 Å². The minimum absolute atomic E-state index is 0.184. The zero-order valence-electron chi connectivity index (χ0n) is 16.2. The summed E-state index contributed by atoms with van der Waals surface area (Å²) in [5.41, 5.74) is 1.79. The third-order valence-electron chi connectivity index (χ3n) is 4.24. The first kappa shape index (κ1) is 21.3. The van der Waals surface area contributed by atoms with E-state index in [1.807, 2.05) is 31.2 Å². The van der Waals surface area contributed by atoms with Crippen molar-refractivity contribution in [1.29, 1.82) is 0 Å². The van der Waals surface area contributed by atoms with Crippen LogP contribution in [0.5, 0.6) is 17.2 Å². The van der Waals surface area contributed by atoms with Gasteiger partial charge in [0, 0.05) is 4.47 Å². The molecule has 0 bridgehead atoms. The van der Waals surface area contributed by atoms with E-state index in [1.54, 1.807) is 25.3 Å². The second kappa shape index (κ2) is 9.37. The molecule has 6 nitrogen and oxygen atoms in total. The molecule has 2 amide bonds. The fourth-order valence-electron chi connectivity index (χ4n) is 2.77. The second-order valence-electron chi connectivity index (χ2n) is 6.23. The van der Waals surface area contributed by atoms with E-state index < -0.39 is 0 Å². The quantitative estimate of drug-likeness (QED) is 0.528. The highest BCUT2D eigenvalue weighted by atomic mass is 79.9. The van der Waals surface area contributed by atoms with Crippen LogP contribution in [0.1, 0.15) is 11.1 Å². The van der Waals surface area contributed by atoms with Crippen molar-refractivity contribution in [3.05, 3.63) is 56.9 Å². The molecule has 0 N–H and O–H groups in total. The lowest BCUT2D eigenvalue weighted by Gasteiger charge is -2.13. The van der Waals surface area contributed by atoms with E-state index in [0.717, 1.165) is 21.8 Å². The zero-order chi connectivity index (χ0) is 21.0. The molecule has 2 aromatic rings. The Kier molecular flexibility index (Phi) is 6.87. The molecule has 0 saturated carbocycles. The molecule has 152 valence electrons. The third-order valence-corrected chi connectivity index (χ3v) is 5.83. The molecule has 0 aromatic heterocycles. The van der Waals surface area contributed by atoms with Crippen molar-refractivity contribution in [2.24, 2.45) is 0 Å². The minimum Gasteiger partial charge on any atom is -0.493 e. The van der Waals surface area contributed by atoms with Crippen molar-refractivity contribution in [3.8, 4) is 17.2 Å². The maximum atomic E-state index is 12.7. The summed E-state index contributed by atoms with van der Waals surface area (Å²) < 4.78 is 17.0. The summed E-state index contributed by atoms with van der Waals surface area (Å²) >= 11 is 4.37. The number of hydrogen-bond acceptors (Lipinski definition) is 6. The van der Waals surface area contributed by atoms with Gasteiger partial charge in [0.2, 0.25) is 0 Å². The van der Waals surface area contributed by atoms with Gasteiger partial charge in [-0.1, -0.05) is 28.1 Å². The molecule has 29 heavy (non-hydrogen) atoms. The second-order valence-corrected chi connectivity index (χ2v) is 8.07. The van der Waals surface area contributed by atoms with Gasteiger partial charge in [-0.05, 0) is 60.2 Å². The van der Waals surface area contributed by atoms with E-state index in [4.69, 9.17) is 14.2 Å². The van der Waals surface area contributed by atoms with Crippen LogP contribution < -0.4 is 14.2 Å². The molecule has 1 aliphatic heterocycles. The Labute approximate surface area is 181 Å². The molecule has 0 unspecified atom stereocenters. The molecule has 1 saturated heterocycles. The Hall–Kier alpha value is -2.45. The fourth-order valence-corrected chi connectivity index (χ4v) is 4.07. The molecule has 1 aliphatic rings. The number of hydrogen-bond donors (Lipinski definition) is 0. The largest absolute Gasteiger partial charge is 0.493 e. The summed E-state index contributed by atoms with van der Waals surface area (Å²) in [6, 6.07) is 11.1. The van der Waals surface area contributed by atoms with Crippen molar-refractivity contribution >= 4 is 44.9 Å². The van der Waals surface area contributed by atoms with Crippen LogP contribution in [0.4, 0.5) is 4.79 Å². The molecule has 1 fully saturated rings. The van der Waals surface area contributed by atoms with Gasteiger partial charge >= 0.3 is 0 Å². The highest BCUT2D eigenvalue weighted by molar-refractivity contribution is 9.10. The molecule has 8 heteroatoms. The van der Waals surface area contributed by atoms with E-state index in [9.17, 15) is 9.59 Å². The summed E-state index contributed by atoms with van der Waals surface area (Å²) in [5, 5.41) is -0.314. The van der Waals surface area contributed by atoms with Crippen LogP contribution in [0.15, 0.2) is 45.8 Å². The van der Waals surface area contributed by atoms with Crippen molar-refractivity contribution in [3.63, 3.8) is 0 Å². The maximum Gasteiger partial charge on any atom is 0.293 e. The van der Waals surface area contributed by atoms with Gasteiger partial charge in [0.05, 0.1) is 25.7 Å². The minimum atomic E-state index is -0.338. The first-order chi connectivity index (χ1) is 13.9. The zero-order valence-corrected chi connectivity index (χ0v) is 18.6. The van der Waals surface area contributed by atoms with Gasteiger partial charge in [-0.15, -0.1) is 0 Å². The fraction of sp³-hybridized carbons (Fsp3) is 0.238. The smallest absolute Gasteiger partial charge is 0.293 e. The van der Waals surface area contributed by atoms with Gasteiger partial charge in [0.25, 0.3) is 11.1 Å². The van der Waals surface area contributed by atoms with Crippen molar-refractivity contribution < 1.29 is 23.8 Å². The number of halogens is 1. The first-order valence-electron chi connectivity index (χ1n) is 8.79. The molecular formula is C21H20BrNO5S. The van der Waals surface area contributed by atoms with E-state index >= 15 is 0 Å². The highest BCUT2D eigenvalue weighted by Gasteiger charge is 2.35. The van der Waals surface area contributed by atoms with Crippen LogP contribution in [-0.2, 0) is 4.79 Å². The third kappa shape index (κ3) is 4.94. The van der Waals surface area contributed by atoms with Gasteiger partial charge < -0.3 is 14.2 Å². The maximum absolute atomic E-state index is 12.7. The summed E-state index contributed by atoms with van der Waals surface area (Å²) in [4.78, 5) is 26.5. The number of rotatable bonds is 7. The average molecular weight is 478 g/mol.